The number of rotatable bonds is 4. The highest BCUT2D eigenvalue weighted by atomic mass is 16.5. The molecule has 0 radical (unpaired) electrons. The fourth-order valence-corrected chi connectivity index (χ4v) is 1.85. The zero-order valence-corrected chi connectivity index (χ0v) is 12.6. The van der Waals surface area contributed by atoms with Crippen molar-refractivity contribution >= 4 is 17.5 Å². The Morgan fingerprint density at radius 3 is 2.20 bits per heavy atom. The van der Waals surface area contributed by atoms with Crippen molar-refractivity contribution in [2.24, 2.45) is 0 Å². The van der Waals surface area contributed by atoms with Crippen LogP contribution >= 0.6 is 0 Å². The molecule has 20 heavy (non-hydrogen) atoms. The number of methoxy groups -OCH3 is 1. The van der Waals surface area contributed by atoms with Crippen LogP contribution in [0.25, 0.3) is 0 Å². The van der Waals surface area contributed by atoms with E-state index in [1.807, 2.05) is 68.2 Å². The molecule has 0 aliphatic carbocycles. The van der Waals surface area contributed by atoms with Crippen LogP contribution in [0.15, 0.2) is 30.3 Å². The quantitative estimate of drug-likeness (QED) is 0.856. The number of ether oxygens (including phenoxy) is 1. The first-order valence-corrected chi connectivity index (χ1v) is 6.42. The number of hydrogen-bond donors (Lipinski definition) is 0. The molecular formula is C15H20N4O. The molecule has 0 aliphatic heterocycles. The molecule has 0 spiro atoms. The van der Waals surface area contributed by atoms with E-state index in [0.29, 0.717) is 5.95 Å². The van der Waals surface area contributed by atoms with E-state index in [1.165, 1.54) is 0 Å². The van der Waals surface area contributed by atoms with Crippen LogP contribution in [0.3, 0.4) is 0 Å². The summed E-state index contributed by atoms with van der Waals surface area (Å²) in [6.07, 6.45) is 0. The van der Waals surface area contributed by atoms with Gasteiger partial charge in [-0.1, -0.05) is 0 Å². The van der Waals surface area contributed by atoms with Gasteiger partial charge in [-0.05, 0) is 31.2 Å². The van der Waals surface area contributed by atoms with E-state index in [0.717, 1.165) is 22.9 Å². The van der Waals surface area contributed by atoms with Gasteiger partial charge in [0, 0.05) is 38.6 Å². The van der Waals surface area contributed by atoms with Crippen molar-refractivity contribution in [1.29, 1.82) is 0 Å². The van der Waals surface area contributed by atoms with Gasteiger partial charge >= 0.3 is 0 Å². The predicted octanol–water partition coefficient (Wildman–Crippen LogP) is 2.63. The minimum Gasteiger partial charge on any atom is -0.497 e. The monoisotopic (exact) mass is 272 g/mol. The molecule has 5 nitrogen and oxygen atoms in total. The Bertz CT molecular complexity index is 581. The summed E-state index contributed by atoms with van der Waals surface area (Å²) in [5.41, 5.74) is 1.99. The van der Waals surface area contributed by atoms with Gasteiger partial charge in [-0.3, -0.25) is 0 Å². The minimum absolute atomic E-state index is 0.709. The van der Waals surface area contributed by atoms with Crippen LogP contribution in [0.5, 0.6) is 5.75 Å². The minimum atomic E-state index is 0.709. The smallest absolute Gasteiger partial charge is 0.227 e. The Kier molecular flexibility index (Phi) is 4.08. The molecule has 106 valence electrons. The van der Waals surface area contributed by atoms with E-state index < -0.39 is 0 Å². The average Bonchev–Trinajstić information content (AvgIpc) is 2.46. The van der Waals surface area contributed by atoms with E-state index in [9.17, 15) is 0 Å². The molecule has 0 atom stereocenters. The molecule has 0 N–H and O–H groups in total. The third-order valence-electron chi connectivity index (χ3n) is 3.03. The third kappa shape index (κ3) is 2.99. The Hall–Kier alpha value is -2.30. The second kappa shape index (κ2) is 5.77. The highest BCUT2D eigenvalue weighted by molar-refractivity contribution is 5.61. The molecule has 5 heteroatoms. The number of nitrogens with zero attached hydrogens (tertiary/aromatic N) is 4. The lowest BCUT2D eigenvalue weighted by Crippen LogP contribution is -2.17. The number of hydrogen-bond acceptors (Lipinski definition) is 5. The van der Waals surface area contributed by atoms with E-state index in [2.05, 4.69) is 9.97 Å². The summed E-state index contributed by atoms with van der Waals surface area (Å²) < 4.78 is 5.17. The van der Waals surface area contributed by atoms with Crippen LogP contribution < -0.4 is 14.5 Å². The van der Waals surface area contributed by atoms with Gasteiger partial charge in [0.25, 0.3) is 0 Å². The van der Waals surface area contributed by atoms with Gasteiger partial charge in [0.2, 0.25) is 5.95 Å². The standard InChI is InChI=1S/C15H20N4O/c1-11-10-14(17-15(16-11)18(2)3)19(4)12-6-8-13(20-5)9-7-12/h6-10H,1-5H3. The van der Waals surface area contributed by atoms with Gasteiger partial charge in [-0.25, -0.2) is 4.98 Å². The number of aromatic nitrogens is 2. The molecule has 0 fully saturated rings. The molecule has 2 aromatic rings. The number of benzene rings is 1. The van der Waals surface area contributed by atoms with Crippen LogP contribution in [-0.4, -0.2) is 38.2 Å². The molecule has 0 unspecified atom stereocenters. The highest BCUT2D eigenvalue weighted by Crippen LogP contribution is 2.25. The predicted molar refractivity (Wildman–Crippen MR) is 82.2 cm³/mol. The fourth-order valence-electron chi connectivity index (χ4n) is 1.85. The number of anilines is 3. The lowest BCUT2D eigenvalue weighted by Gasteiger charge is -2.21. The van der Waals surface area contributed by atoms with E-state index in [-0.39, 0.29) is 0 Å². The Morgan fingerprint density at radius 2 is 1.65 bits per heavy atom. The summed E-state index contributed by atoms with van der Waals surface area (Å²) in [5, 5.41) is 0. The van der Waals surface area contributed by atoms with Crippen molar-refractivity contribution in [3.05, 3.63) is 36.0 Å². The van der Waals surface area contributed by atoms with E-state index in [1.54, 1.807) is 7.11 Å². The summed E-state index contributed by atoms with van der Waals surface area (Å²) in [5.74, 6) is 2.42. The SMILES string of the molecule is COc1ccc(N(C)c2cc(C)nc(N(C)C)n2)cc1. The van der Waals surface area contributed by atoms with Crippen LogP contribution in [-0.2, 0) is 0 Å². The van der Waals surface area contributed by atoms with Gasteiger partial charge in [0.15, 0.2) is 0 Å². The number of aryl methyl sites for hydroxylation is 1. The molecule has 0 amide bonds. The van der Waals surface area contributed by atoms with Crippen molar-refractivity contribution in [3.63, 3.8) is 0 Å². The van der Waals surface area contributed by atoms with Crippen molar-refractivity contribution in [3.8, 4) is 5.75 Å². The first kappa shape index (κ1) is 14.1. The zero-order valence-electron chi connectivity index (χ0n) is 12.6. The summed E-state index contributed by atoms with van der Waals surface area (Å²) >= 11 is 0. The fraction of sp³-hybridized carbons (Fsp3) is 0.333. The second-order valence-electron chi connectivity index (χ2n) is 4.82. The Labute approximate surface area is 119 Å². The second-order valence-corrected chi connectivity index (χ2v) is 4.82. The van der Waals surface area contributed by atoms with Crippen molar-refractivity contribution in [2.45, 2.75) is 6.92 Å². The molecule has 1 aromatic heterocycles. The van der Waals surface area contributed by atoms with Gasteiger partial charge in [-0.2, -0.15) is 4.98 Å². The Morgan fingerprint density at radius 1 is 1.00 bits per heavy atom. The third-order valence-corrected chi connectivity index (χ3v) is 3.03. The van der Waals surface area contributed by atoms with Gasteiger partial charge in [0.05, 0.1) is 7.11 Å². The average molecular weight is 272 g/mol. The largest absolute Gasteiger partial charge is 0.497 e. The maximum absolute atomic E-state index is 5.17. The van der Waals surface area contributed by atoms with Gasteiger partial charge in [-0.15, -0.1) is 0 Å². The molecule has 2 rings (SSSR count). The van der Waals surface area contributed by atoms with Crippen LogP contribution in [0.2, 0.25) is 0 Å². The van der Waals surface area contributed by atoms with Gasteiger partial charge in [0.1, 0.15) is 11.6 Å². The van der Waals surface area contributed by atoms with Crippen LogP contribution in [0, 0.1) is 6.92 Å². The lowest BCUT2D eigenvalue weighted by atomic mass is 10.2. The molecular weight excluding hydrogens is 252 g/mol. The molecule has 0 aliphatic rings. The molecule has 1 aromatic carbocycles. The summed E-state index contributed by atoms with van der Waals surface area (Å²) in [7, 11) is 7.52. The summed E-state index contributed by atoms with van der Waals surface area (Å²) in [4.78, 5) is 12.9. The Balaban J connectivity index is 2.34. The maximum Gasteiger partial charge on any atom is 0.227 e. The molecule has 0 saturated heterocycles. The van der Waals surface area contributed by atoms with E-state index in [4.69, 9.17) is 4.74 Å². The highest BCUT2D eigenvalue weighted by Gasteiger charge is 2.09. The molecule has 1 heterocycles. The van der Waals surface area contributed by atoms with Crippen molar-refractivity contribution in [1.82, 2.24) is 9.97 Å². The first-order chi connectivity index (χ1) is 9.51. The van der Waals surface area contributed by atoms with Crippen molar-refractivity contribution < 1.29 is 4.74 Å². The lowest BCUT2D eigenvalue weighted by molar-refractivity contribution is 0.415. The zero-order chi connectivity index (χ0) is 14.7. The molecule has 0 bridgehead atoms. The first-order valence-electron chi connectivity index (χ1n) is 6.42. The van der Waals surface area contributed by atoms with Crippen LogP contribution in [0.4, 0.5) is 17.5 Å². The topological polar surface area (TPSA) is 41.5 Å². The summed E-state index contributed by atoms with van der Waals surface area (Å²) in [6, 6.07) is 9.86. The summed E-state index contributed by atoms with van der Waals surface area (Å²) in [6.45, 7) is 1.97. The maximum atomic E-state index is 5.17. The van der Waals surface area contributed by atoms with Crippen LogP contribution in [0.1, 0.15) is 5.69 Å². The van der Waals surface area contributed by atoms with E-state index >= 15 is 0 Å². The van der Waals surface area contributed by atoms with Crippen molar-refractivity contribution in [2.75, 3.05) is 38.1 Å². The van der Waals surface area contributed by atoms with Gasteiger partial charge < -0.3 is 14.5 Å². The molecule has 0 saturated carbocycles. The normalized spacial score (nSPS) is 10.2.